The molecule has 1 aromatic rings. The van der Waals surface area contributed by atoms with Crippen molar-refractivity contribution in [2.24, 2.45) is 5.92 Å². The van der Waals surface area contributed by atoms with E-state index in [2.05, 4.69) is 0 Å². The van der Waals surface area contributed by atoms with Gasteiger partial charge in [0.1, 0.15) is 11.6 Å². The van der Waals surface area contributed by atoms with Crippen molar-refractivity contribution in [3.8, 4) is 0 Å². The first-order valence-electron chi connectivity index (χ1n) is 5.36. The topological polar surface area (TPSA) is 34.1 Å². The van der Waals surface area contributed by atoms with Crippen molar-refractivity contribution in [3.63, 3.8) is 0 Å². The smallest absolute Gasteiger partial charge is 0.173 e. The summed E-state index contributed by atoms with van der Waals surface area (Å²) in [4.78, 5) is 23.3. The summed E-state index contributed by atoms with van der Waals surface area (Å²) < 4.78 is 12.7. The fraction of sp³-hybridized carbons (Fsp3) is 0.385. The number of carbonyl (C=O) groups is 2. The van der Waals surface area contributed by atoms with Gasteiger partial charge in [-0.05, 0) is 37.6 Å². The van der Waals surface area contributed by atoms with E-state index in [0.717, 1.165) is 6.42 Å². The average Bonchev–Trinajstić information content (AvgIpc) is 2.25. The van der Waals surface area contributed by atoms with Gasteiger partial charge in [-0.2, -0.15) is 0 Å². The molecule has 1 rings (SSSR count). The Bertz CT molecular complexity index is 381. The minimum Gasteiger partial charge on any atom is -0.299 e. The molecule has 0 saturated heterocycles. The van der Waals surface area contributed by atoms with Gasteiger partial charge in [0, 0.05) is 5.56 Å². The normalized spacial score (nSPS) is 12.2. The number of carbonyl (C=O) groups excluding carboxylic acids is 2. The SMILES string of the molecule is CCCC(C(C)=O)C(=O)c1ccc(F)cc1. The molecule has 0 heterocycles. The van der Waals surface area contributed by atoms with Gasteiger partial charge in [0.05, 0.1) is 5.92 Å². The zero-order valence-electron chi connectivity index (χ0n) is 9.50. The Kier molecular flexibility index (Phi) is 4.35. The van der Waals surface area contributed by atoms with E-state index in [-0.39, 0.29) is 17.4 Å². The van der Waals surface area contributed by atoms with Gasteiger partial charge in [-0.25, -0.2) is 4.39 Å². The Morgan fingerprint density at radius 2 is 1.81 bits per heavy atom. The van der Waals surface area contributed by atoms with E-state index in [1.807, 2.05) is 6.92 Å². The maximum atomic E-state index is 12.7. The largest absolute Gasteiger partial charge is 0.299 e. The summed E-state index contributed by atoms with van der Waals surface area (Å²) in [6.45, 7) is 3.34. The van der Waals surface area contributed by atoms with E-state index in [0.29, 0.717) is 12.0 Å². The first kappa shape index (κ1) is 12.6. The third-order valence-corrected chi connectivity index (χ3v) is 2.51. The molecule has 86 valence electrons. The van der Waals surface area contributed by atoms with Crippen LogP contribution in [0.15, 0.2) is 24.3 Å². The molecule has 16 heavy (non-hydrogen) atoms. The van der Waals surface area contributed by atoms with Crippen LogP contribution in [0.5, 0.6) is 0 Å². The van der Waals surface area contributed by atoms with E-state index >= 15 is 0 Å². The van der Waals surface area contributed by atoms with Crippen LogP contribution in [0.3, 0.4) is 0 Å². The molecule has 0 aliphatic heterocycles. The van der Waals surface area contributed by atoms with Crippen molar-refractivity contribution >= 4 is 11.6 Å². The van der Waals surface area contributed by atoms with Gasteiger partial charge in [-0.3, -0.25) is 9.59 Å². The lowest BCUT2D eigenvalue weighted by Crippen LogP contribution is -2.21. The minimum atomic E-state index is -0.588. The standard InChI is InChI=1S/C13H15FO2/c1-3-4-12(9(2)15)13(16)10-5-7-11(14)8-6-10/h5-8,12H,3-4H2,1-2H3. The summed E-state index contributed by atoms with van der Waals surface area (Å²) in [5.41, 5.74) is 0.398. The lowest BCUT2D eigenvalue weighted by Gasteiger charge is -2.11. The molecule has 1 unspecified atom stereocenters. The van der Waals surface area contributed by atoms with Gasteiger partial charge in [-0.1, -0.05) is 13.3 Å². The zero-order valence-corrected chi connectivity index (χ0v) is 9.50. The fourth-order valence-electron chi connectivity index (χ4n) is 1.62. The van der Waals surface area contributed by atoms with Crippen molar-refractivity contribution in [2.75, 3.05) is 0 Å². The highest BCUT2D eigenvalue weighted by Gasteiger charge is 2.23. The lowest BCUT2D eigenvalue weighted by atomic mass is 9.90. The third kappa shape index (κ3) is 2.99. The Morgan fingerprint density at radius 1 is 1.25 bits per heavy atom. The molecular formula is C13H15FO2. The van der Waals surface area contributed by atoms with Crippen molar-refractivity contribution in [2.45, 2.75) is 26.7 Å². The van der Waals surface area contributed by atoms with E-state index in [9.17, 15) is 14.0 Å². The van der Waals surface area contributed by atoms with Gasteiger partial charge in [0.25, 0.3) is 0 Å². The molecule has 2 nitrogen and oxygen atoms in total. The van der Waals surface area contributed by atoms with Crippen LogP contribution >= 0.6 is 0 Å². The summed E-state index contributed by atoms with van der Waals surface area (Å²) >= 11 is 0. The fourth-order valence-corrected chi connectivity index (χ4v) is 1.62. The third-order valence-electron chi connectivity index (χ3n) is 2.51. The van der Waals surface area contributed by atoms with E-state index in [4.69, 9.17) is 0 Å². The summed E-state index contributed by atoms with van der Waals surface area (Å²) in [7, 11) is 0. The molecular weight excluding hydrogens is 207 g/mol. The van der Waals surface area contributed by atoms with Crippen LogP contribution in [0.1, 0.15) is 37.0 Å². The highest BCUT2D eigenvalue weighted by atomic mass is 19.1. The van der Waals surface area contributed by atoms with Crippen molar-refractivity contribution in [3.05, 3.63) is 35.6 Å². The highest BCUT2D eigenvalue weighted by Crippen LogP contribution is 2.16. The maximum Gasteiger partial charge on any atom is 0.173 e. The van der Waals surface area contributed by atoms with Crippen LogP contribution in [0.25, 0.3) is 0 Å². The van der Waals surface area contributed by atoms with Gasteiger partial charge in [0.2, 0.25) is 0 Å². The highest BCUT2D eigenvalue weighted by molar-refractivity contribution is 6.09. The minimum absolute atomic E-state index is 0.129. The molecule has 0 spiro atoms. The Labute approximate surface area is 94.5 Å². The van der Waals surface area contributed by atoms with Crippen LogP contribution in [-0.4, -0.2) is 11.6 Å². The Hall–Kier alpha value is -1.51. The van der Waals surface area contributed by atoms with Crippen LogP contribution in [-0.2, 0) is 4.79 Å². The molecule has 0 N–H and O–H groups in total. The van der Waals surface area contributed by atoms with Crippen molar-refractivity contribution in [1.82, 2.24) is 0 Å². The molecule has 0 bridgehead atoms. The molecule has 3 heteroatoms. The predicted octanol–water partition coefficient (Wildman–Crippen LogP) is 3.01. The van der Waals surface area contributed by atoms with Crippen molar-refractivity contribution < 1.29 is 14.0 Å². The van der Waals surface area contributed by atoms with E-state index < -0.39 is 5.92 Å². The van der Waals surface area contributed by atoms with E-state index in [1.54, 1.807) is 0 Å². The summed E-state index contributed by atoms with van der Waals surface area (Å²) in [5.74, 6) is -1.31. The molecule has 0 saturated carbocycles. The van der Waals surface area contributed by atoms with Gasteiger partial charge in [0.15, 0.2) is 5.78 Å². The average molecular weight is 222 g/mol. The summed E-state index contributed by atoms with van der Waals surface area (Å²) in [6, 6.07) is 5.30. The molecule has 1 aromatic carbocycles. The quantitative estimate of drug-likeness (QED) is 0.567. The predicted molar refractivity (Wildman–Crippen MR) is 59.8 cm³/mol. The number of ketones is 2. The summed E-state index contributed by atoms with van der Waals surface area (Å²) in [5, 5.41) is 0. The number of hydrogen-bond donors (Lipinski definition) is 0. The van der Waals surface area contributed by atoms with E-state index in [1.165, 1.54) is 31.2 Å². The molecule has 0 radical (unpaired) electrons. The first-order valence-corrected chi connectivity index (χ1v) is 5.36. The second-order valence-corrected chi connectivity index (χ2v) is 3.82. The Morgan fingerprint density at radius 3 is 2.25 bits per heavy atom. The number of halogens is 1. The molecule has 0 aliphatic rings. The molecule has 0 amide bonds. The van der Waals surface area contributed by atoms with Crippen LogP contribution < -0.4 is 0 Å². The van der Waals surface area contributed by atoms with Crippen LogP contribution in [0, 0.1) is 11.7 Å². The second-order valence-electron chi connectivity index (χ2n) is 3.82. The molecule has 0 aromatic heterocycles. The van der Waals surface area contributed by atoms with Gasteiger partial charge < -0.3 is 0 Å². The number of benzene rings is 1. The monoisotopic (exact) mass is 222 g/mol. The van der Waals surface area contributed by atoms with Crippen LogP contribution in [0.2, 0.25) is 0 Å². The molecule has 1 atom stereocenters. The zero-order chi connectivity index (χ0) is 12.1. The number of Topliss-reactive ketones (excluding diaryl/α,β-unsaturated/α-hetero) is 2. The second kappa shape index (κ2) is 5.54. The van der Waals surface area contributed by atoms with Crippen molar-refractivity contribution in [1.29, 1.82) is 0 Å². The number of hydrogen-bond acceptors (Lipinski definition) is 2. The first-order chi connectivity index (χ1) is 7.56. The lowest BCUT2D eigenvalue weighted by molar-refractivity contribution is -0.119. The molecule has 0 aliphatic carbocycles. The van der Waals surface area contributed by atoms with Gasteiger partial charge in [-0.15, -0.1) is 0 Å². The van der Waals surface area contributed by atoms with Gasteiger partial charge >= 0.3 is 0 Å². The molecule has 0 fully saturated rings. The summed E-state index contributed by atoms with van der Waals surface area (Å²) in [6.07, 6.45) is 1.32. The maximum absolute atomic E-state index is 12.7. The Balaban J connectivity index is 2.90. The van der Waals surface area contributed by atoms with Crippen LogP contribution in [0.4, 0.5) is 4.39 Å². The number of rotatable bonds is 5.